The van der Waals surface area contributed by atoms with Crippen LogP contribution in [0.3, 0.4) is 0 Å². The van der Waals surface area contributed by atoms with Crippen LogP contribution in [-0.4, -0.2) is 39.0 Å². The number of rotatable bonds is 6. The van der Waals surface area contributed by atoms with Crippen LogP contribution in [0, 0.1) is 5.92 Å². The van der Waals surface area contributed by atoms with Crippen LogP contribution in [-0.2, 0) is 0 Å². The normalized spacial score (nSPS) is 22.7. The highest BCUT2D eigenvalue weighted by atomic mass is 32.2. The van der Waals surface area contributed by atoms with Crippen molar-refractivity contribution in [2.24, 2.45) is 5.92 Å². The highest BCUT2D eigenvalue weighted by Gasteiger charge is 2.25. The third kappa shape index (κ3) is 3.77. The first-order valence-electron chi connectivity index (χ1n) is 8.46. The second-order valence-electron chi connectivity index (χ2n) is 6.45. The summed E-state index contributed by atoms with van der Waals surface area (Å²) in [5.41, 5.74) is 0. The molecule has 0 bridgehead atoms. The lowest BCUT2D eigenvalue weighted by Gasteiger charge is -2.29. The summed E-state index contributed by atoms with van der Waals surface area (Å²) in [5.74, 6) is 1.90. The molecule has 1 unspecified atom stereocenters. The van der Waals surface area contributed by atoms with Gasteiger partial charge in [0.2, 0.25) is 5.16 Å². The molecule has 21 heavy (non-hydrogen) atoms. The van der Waals surface area contributed by atoms with Crippen molar-refractivity contribution in [1.82, 2.24) is 25.5 Å². The average molecular weight is 309 g/mol. The third-order valence-electron chi connectivity index (χ3n) is 5.11. The van der Waals surface area contributed by atoms with E-state index in [0.717, 1.165) is 16.8 Å². The van der Waals surface area contributed by atoms with E-state index in [4.69, 9.17) is 0 Å². The van der Waals surface area contributed by atoms with Crippen molar-refractivity contribution < 1.29 is 0 Å². The Bertz CT molecular complexity index is 423. The molecule has 1 N–H and O–H groups in total. The zero-order valence-corrected chi connectivity index (χ0v) is 13.8. The SMILES string of the molecule is CNC(CSc1nnnn1C1CCCC1)C1CCCCC1. The summed E-state index contributed by atoms with van der Waals surface area (Å²) in [4.78, 5) is 0. The van der Waals surface area contributed by atoms with Gasteiger partial charge in [0.05, 0.1) is 6.04 Å². The maximum Gasteiger partial charge on any atom is 0.209 e. The molecule has 5 nitrogen and oxygen atoms in total. The van der Waals surface area contributed by atoms with E-state index in [0.29, 0.717) is 12.1 Å². The highest BCUT2D eigenvalue weighted by molar-refractivity contribution is 7.99. The Balaban J connectivity index is 1.57. The summed E-state index contributed by atoms with van der Waals surface area (Å²) < 4.78 is 2.07. The van der Waals surface area contributed by atoms with Crippen LogP contribution in [0.2, 0.25) is 0 Å². The Labute approximate surface area is 131 Å². The third-order valence-corrected chi connectivity index (χ3v) is 6.17. The molecule has 0 aliphatic heterocycles. The summed E-state index contributed by atoms with van der Waals surface area (Å²) in [5, 5.41) is 16.9. The van der Waals surface area contributed by atoms with Crippen molar-refractivity contribution in [3.05, 3.63) is 0 Å². The smallest absolute Gasteiger partial charge is 0.209 e. The van der Waals surface area contributed by atoms with Gasteiger partial charge in [0, 0.05) is 11.8 Å². The molecule has 1 aromatic rings. The zero-order chi connectivity index (χ0) is 14.5. The van der Waals surface area contributed by atoms with Gasteiger partial charge in [0.25, 0.3) is 0 Å². The number of thioether (sulfide) groups is 1. The van der Waals surface area contributed by atoms with E-state index in [1.54, 1.807) is 0 Å². The second kappa shape index (κ2) is 7.58. The fourth-order valence-corrected chi connectivity index (χ4v) is 4.99. The number of hydrogen-bond donors (Lipinski definition) is 1. The molecule has 6 heteroatoms. The fraction of sp³-hybridized carbons (Fsp3) is 0.933. The van der Waals surface area contributed by atoms with Gasteiger partial charge in [-0.15, -0.1) is 5.10 Å². The number of aromatic nitrogens is 4. The van der Waals surface area contributed by atoms with E-state index in [2.05, 4.69) is 32.6 Å². The number of tetrazole rings is 1. The van der Waals surface area contributed by atoms with Gasteiger partial charge in [-0.3, -0.25) is 0 Å². The van der Waals surface area contributed by atoms with Gasteiger partial charge in [0.15, 0.2) is 0 Å². The number of nitrogens with zero attached hydrogens (tertiary/aromatic N) is 4. The minimum atomic E-state index is 0.533. The summed E-state index contributed by atoms with van der Waals surface area (Å²) in [6.45, 7) is 0. The molecule has 1 atom stereocenters. The molecule has 0 aromatic carbocycles. The molecule has 2 saturated carbocycles. The molecule has 0 saturated heterocycles. The molecule has 2 aliphatic carbocycles. The molecule has 0 amide bonds. The predicted octanol–water partition coefficient (Wildman–Crippen LogP) is 3.05. The molecule has 1 heterocycles. The number of nitrogens with one attached hydrogen (secondary N) is 1. The standard InChI is InChI=1S/C15H27N5S/c1-16-14(12-7-3-2-4-8-12)11-21-15-17-18-19-20(15)13-9-5-6-10-13/h12-14,16H,2-11H2,1H3. The fourth-order valence-electron chi connectivity index (χ4n) is 3.81. The van der Waals surface area contributed by atoms with Crippen LogP contribution in [0.15, 0.2) is 5.16 Å². The van der Waals surface area contributed by atoms with Crippen molar-refractivity contribution in [3.63, 3.8) is 0 Å². The van der Waals surface area contributed by atoms with E-state index in [1.165, 1.54) is 57.8 Å². The summed E-state index contributed by atoms with van der Waals surface area (Å²) in [7, 11) is 2.10. The quantitative estimate of drug-likeness (QED) is 0.819. The molecule has 0 spiro atoms. The Hall–Kier alpha value is -0.620. The lowest BCUT2D eigenvalue weighted by atomic mass is 9.84. The molecule has 1 aromatic heterocycles. The van der Waals surface area contributed by atoms with Crippen molar-refractivity contribution in [2.45, 2.75) is 75.0 Å². The van der Waals surface area contributed by atoms with Gasteiger partial charge in [-0.25, -0.2) is 4.68 Å². The van der Waals surface area contributed by atoms with Crippen LogP contribution >= 0.6 is 11.8 Å². The average Bonchev–Trinajstić information content (AvgIpc) is 3.20. The molecular formula is C15H27N5S. The van der Waals surface area contributed by atoms with Crippen LogP contribution in [0.25, 0.3) is 0 Å². The van der Waals surface area contributed by atoms with Crippen LogP contribution in [0.1, 0.15) is 63.8 Å². The topological polar surface area (TPSA) is 55.6 Å². The Morgan fingerprint density at radius 2 is 1.86 bits per heavy atom. The molecular weight excluding hydrogens is 282 g/mol. The Kier molecular flexibility index (Phi) is 5.52. The van der Waals surface area contributed by atoms with Crippen molar-refractivity contribution in [1.29, 1.82) is 0 Å². The van der Waals surface area contributed by atoms with Gasteiger partial charge in [-0.1, -0.05) is 43.9 Å². The predicted molar refractivity (Wildman–Crippen MR) is 85.5 cm³/mol. The lowest BCUT2D eigenvalue weighted by molar-refractivity contribution is 0.294. The van der Waals surface area contributed by atoms with Gasteiger partial charge in [-0.2, -0.15) is 0 Å². The van der Waals surface area contributed by atoms with Crippen molar-refractivity contribution in [2.75, 3.05) is 12.8 Å². The van der Waals surface area contributed by atoms with Crippen LogP contribution in [0.4, 0.5) is 0 Å². The Morgan fingerprint density at radius 1 is 1.14 bits per heavy atom. The van der Waals surface area contributed by atoms with E-state index in [9.17, 15) is 0 Å². The number of hydrogen-bond acceptors (Lipinski definition) is 5. The Morgan fingerprint density at radius 3 is 2.57 bits per heavy atom. The lowest BCUT2D eigenvalue weighted by Crippen LogP contribution is -2.37. The van der Waals surface area contributed by atoms with Crippen molar-refractivity contribution >= 4 is 11.8 Å². The van der Waals surface area contributed by atoms with Crippen molar-refractivity contribution in [3.8, 4) is 0 Å². The zero-order valence-electron chi connectivity index (χ0n) is 13.0. The van der Waals surface area contributed by atoms with Gasteiger partial charge in [-0.05, 0) is 49.1 Å². The first kappa shape index (κ1) is 15.3. The van der Waals surface area contributed by atoms with Gasteiger partial charge >= 0.3 is 0 Å². The van der Waals surface area contributed by atoms with E-state index < -0.39 is 0 Å². The van der Waals surface area contributed by atoms with Crippen LogP contribution < -0.4 is 5.32 Å². The summed E-state index contributed by atoms with van der Waals surface area (Å²) >= 11 is 1.83. The largest absolute Gasteiger partial charge is 0.316 e. The van der Waals surface area contributed by atoms with Gasteiger partial charge in [0.1, 0.15) is 0 Å². The minimum absolute atomic E-state index is 0.533. The molecule has 2 fully saturated rings. The maximum absolute atomic E-state index is 4.25. The second-order valence-corrected chi connectivity index (χ2v) is 7.44. The molecule has 2 aliphatic rings. The summed E-state index contributed by atoms with van der Waals surface area (Å²) in [6, 6.07) is 1.12. The van der Waals surface area contributed by atoms with Crippen LogP contribution in [0.5, 0.6) is 0 Å². The van der Waals surface area contributed by atoms with E-state index in [1.807, 2.05) is 11.8 Å². The molecule has 118 valence electrons. The molecule has 0 radical (unpaired) electrons. The minimum Gasteiger partial charge on any atom is -0.316 e. The molecule has 3 rings (SSSR count). The maximum atomic E-state index is 4.25. The first-order valence-corrected chi connectivity index (χ1v) is 9.45. The van der Waals surface area contributed by atoms with E-state index in [-0.39, 0.29) is 0 Å². The first-order chi connectivity index (χ1) is 10.4. The highest BCUT2D eigenvalue weighted by Crippen LogP contribution is 2.33. The monoisotopic (exact) mass is 309 g/mol. The summed E-state index contributed by atoms with van der Waals surface area (Å²) in [6.07, 6.45) is 12.1. The van der Waals surface area contributed by atoms with E-state index >= 15 is 0 Å². The van der Waals surface area contributed by atoms with Gasteiger partial charge < -0.3 is 5.32 Å².